The van der Waals surface area contributed by atoms with Gasteiger partial charge in [0.1, 0.15) is 18.5 Å². The number of benzene rings is 1. The van der Waals surface area contributed by atoms with Gasteiger partial charge in [-0.15, -0.1) is 0 Å². The van der Waals surface area contributed by atoms with Crippen molar-refractivity contribution < 1.29 is 9.47 Å². The van der Waals surface area contributed by atoms with Crippen LogP contribution >= 0.6 is 31.9 Å². The summed E-state index contributed by atoms with van der Waals surface area (Å²) in [4.78, 5) is 0. The normalized spacial score (nSPS) is 18.8. The molecule has 0 spiro atoms. The van der Waals surface area contributed by atoms with Gasteiger partial charge in [-0.3, -0.25) is 0 Å². The Morgan fingerprint density at radius 3 is 2.33 bits per heavy atom. The Morgan fingerprint density at radius 2 is 1.89 bits per heavy atom. The highest BCUT2D eigenvalue weighted by molar-refractivity contribution is 9.11. The van der Waals surface area contributed by atoms with Crippen LogP contribution in [0.2, 0.25) is 0 Å². The Morgan fingerprint density at radius 1 is 1.33 bits per heavy atom. The molecule has 1 saturated heterocycles. The molecule has 0 radical (unpaired) electrons. The third-order valence-corrected chi connectivity index (χ3v) is 4.66. The molecule has 0 aromatic heterocycles. The molecule has 18 heavy (non-hydrogen) atoms. The van der Waals surface area contributed by atoms with Gasteiger partial charge in [-0.05, 0) is 61.4 Å². The summed E-state index contributed by atoms with van der Waals surface area (Å²) in [5.41, 5.74) is 1.47. The van der Waals surface area contributed by atoms with Crippen molar-refractivity contribution in [2.75, 3.05) is 13.2 Å². The van der Waals surface area contributed by atoms with Gasteiger partial charge in [0.2, 0.25) is 0 Å². The highest BCUT2D eigenvalue weighted by Gasteiger charge is 2.25. The second-order valence-electron chi connectivity index (χ2n) is 5.27. The zero-order valence-corrected chi connectivity index (χ0v) is 14.1. The molecule has 0 aliphatic carbocycles. The monoisotopic (exact) mass is 376 g/mol. The molecule has 2 nitrogen and oxygen atoms in total. The van der Waals surface area contributed by atoms with E-state index in [9.17, 15) is 0 Å². The first-order chi connectivity index (χ1) is 8.44. The first kappa shape index (κ1) is 14.4. The number of hydrogen-bond acceptors (Lipinski definition) is 2. The molecule has 0 N–H and O–H groups in total. The Kier molecular flexibility index (Phi) is 4.40. The van der Waals surface area contributed by atoms with Crippen LogP contribution in [-0.4, -0.2) is 19.3 Å². The van der Waals surface area contributed by atoms with Crippen molar-refractivity contribution in [3.8, 4) is 5.75 Å². The molecular formula is C14H18Br2O2. The smallest absolute Gasteiger partial charge is 0.147 e. The predicted octanol–water partition coefficient (Wildman–Crippen LogP) is 4.68. The number of rotatable bonds is 5. The predicted molar refractivity (Wildman–Crippen MR) is 80.4 cm³/mol. The molecule has 1 heterocycles. The first-order valence-corrected chi connectivity index (χ1v) is 7.76. The standard InChI is InChI=1S/C14H18Br2O2/c1-4-14(2,3)9-5-11(15)13(12(16)6-9)18-8-10-7-17-10/h5-6,10H,4,7-8H2,1-3H3. The summed E-state index contributed by atoms with van der Waals surface area (Å²) < 4.78 is 12.9. The molecule has 1 fully saturated rings. The molecule has 1 unspecified atom stereocenters. The fraction of sp³-hybridized carbons (Fsp3) is 0.571. The van der Waals surface area contributed by atoms with Crippen LogP contribution in [0.1, 0.15) is 32.8 Å². The molecule has 4 heteroatoms. The summed E-state index contributed by atoms with van der Waals surface area (Å²) >= 11 is 7.19. The summed E-state index contributed by atoms with van der Waals surface area (Å²) in [6, 6.07) is 4.30. The van der Waals surface area contributed by atoms with Crippen LogP contribution in [0.15, 0.2) is 21.1 Å². The minimum atomic E-state index is 0.170. The van der Waals surface area contributed by atoms with Gasteiger partial charge in [0.25, 0.3) is 0 Å². The molecule has 1 aromatic rings. The Balaban J connectivity index is 2.22. The molecular weight excluding hydrogens is 360 g/mol. The lowest BCUT2D eigenvalue weighted by atomic mass is 9.82. The first-order valence-electron chi connectivity index (χ1n) is 6.18. The van der Waals surface area contributed by atoms with Crippen molar-refractivity contribution in [3.63, 3.8) is 0 Å². The van der Waals surface area contributed by atoms with Crippen molar-refractivity contribution in [1.29, 1.82) is 0 Å². The number of halogens is 2. The van der Waals surface area contributed by atoms with E-state index in [1.165, 1.54) is 5.56 Å². The summed E-state index contributed by atoms with van der Waals surface area (Å²) in [6.45, 7) is 8.14. The Bertz CT molecular complexity index is 416. The topological polar surface area (TPSA) is 21.8 Å². The zero-order chi connectivity index (χ0) is 13.3. The quantitative estimate of drug-likeness (QED) is 0.695. The molecule has 1 atom stereocenters. The lowest BCUT2D eigenvalue weighted by molar-refractivity contribution is 0.260. The van der Waals surface area contributed by atoms with Crippen molar-refractivity contribution in [2.24, 2.45) is 0 Å². The van der Waals surface area contributed by atoms with Crippen molar-refractivity contribution >= 4 is 31.9 Å². The van der Waals surface area contributed by atoms with Gasteiger partial charge in [0.15, 0.2) is 0 Å². The highest BCUT2D eigenvalue weighted by atomic mass is 79.9. The number of epoxide rings is 1. The van der Waals surface area contributed by atoms with Crippen molar-refractivity contribution in [1.82, 2.24) is 0 Å². The van der Waals surface area contributed by atoms with E-state index in [0.29, 0.717) is 6.61 Å². The van der Waals surface area contributed by atoms with Crippen LogP contribution in [0.3, 0.4) is 0 Å². The number of ether oxygens (including phenoxy) is 2. The Hall–Kier alpha value is -0.0600. The molecule has 2 rings (SSSR count). The summed E-state index contributed by atoms with van der Waals surface area (Å²) in [5.74, 6) is 0.862. The lowest BCUT2D eigenvalue weighted by Crippen LogP contribution is -2.15. The molecule has 0 saturated carbocycles. The van der Waals surface area contributed by atoms with Gasteiger partial charge in [0, 0.05) is 0 Å². The van der Waals surface area contributed by atoms with Crippen LogP contribution in [0.4, 0.5) is 0 Å². The molecule has 0 amide bonds. The summed E-state index contributed by atoms with van der Waals surface area (Å²) in [5, 5.41) is 0. The fourth-order valence-corrected chi connectivity index (χ4v) is 3.05. The van der Waals surface area contributed by atoms with E-state index in [1.807, 2.05) is 0 Å². The van der Waals surface area contributed by atoms with E-state index in [-0.39, 0.29) is 11.5 Å². The van der Waals surface area contributed by atoms with Gasteiger partial charge in [-0.25, -0.2) is 0 Å². The molecule has 1 aromatic carbocycles. The third-order valence-electron chi connectivity index (χ3n) is 3.48. The van der Waals surface area contributed by atoms with E-state index < -0.39 is 0 Å². The second-order valence-corrected chi connectivity index (χ2v) is 6.98. The van der Waals surface area contributed by atoms with Gasteiger partial charge in [-0.1, -0.05) is 20.8 Å². The maximum atomic E-state index is 5.77. The van der Waals surface area contributed by atoms with Crippen LogP contribution in [0.5, 0.6) is 5.75 Å². The van der Waals surface area contributed by atoms with Gasteiger partial charge in [-0.2, -0.15) is 0 Å². The third kappa shape index (κ3) is 3.28. The summed E-state index contributed by atoms with van der Waals surface area (Å²) in [6.07, 6.45) is 1.37. The SMILES string of the molecule is CCC(C)(C)c1cc(Br)c(OCC2CO2)c(Br)c1. The largest absolute Gasteiger partial charge is 0.488 e. The van der Waals surface area contributed by atoms with E-state index >= 15 is 0 Å². The highest BCUT2D eigenvalue weighted by Crippen LogP contribution is 2.39. The van der Waals surface area contributed by atoms with E-state index in [1.54, 1.807) is 0 Å². The van der Waals surface area contributed by atoms with Gasteiger partial charge >= 0.3 is 0 Å². The maximum absolute atomic E-state index is 5.77. The van der Waals surface area contributed by atoms with E-state index in [2.05, 4.69) is 64.8 Å². The molecule has 0 bridgehead atoms. The van der Waals surface area contributed by atoms with Crippen LogP contribution < -0.4 is 4.74 Å². The lowest BCUT2D eigenvalue weighted by Gasteiger charge is -2.24. The van der Waals surface area contributed by atoms with Crippen LogP contribution in [0.25, 0.3) is 0 Å². The minimum Gasteiger partial charge on any atom is -0.488 e. The fourth-order valence-electron chi connectivity index (χ4n) is 1.63. The second kappa shape index (κ2) is 5.51. The van der Waals surface area contributed by atoms with Gasteiger partial charge < -0.3 is 9.47 Å². The average molecular weight is 378 g/mol. The van der Waals surface area contributed by atoms with Crippen molar-refractivity contribution in [3.05, 3.63) is 26.6 Å². The molecule has 1 aliphatic rings. The maximum Gasteiger partial charge on any atom is 0.147 e. The van der Waals surface area contributed by atoms with Crippen LogP contribution in [-0.2, 0) is 10.2 Å². The molecule has 100 valence electrons. The van der Waals surface area contributed by atoms with Crippen LogP contribution in [0, 0.1) is 0 Å². The van der Waals surface area contributed by atoms with E-state index in [4.69, 9.17) is 9.47 Å². The zero-order valence-electron chi connectivity index (χ0n) is 10.9. The van der Waals surface area contributed by atoms with E-state index in [0.717, 1.165) is 27.7 Å². The molecule has 1 aliphatic heterocycles. The number of hydrogen-bond donors (Lipinski definition) is 0. The summed E-state index contributed by atoms with van der Waals surface area (Å²) in [7, 11) is 0. The Labute approximate surface area is 125 Å². The van der Waals surface area contributed by atoms with Crippen molar-refractivity contribution in [2.45, 2.75) is 38.7 Å². The van der Waals surface area contributed by atoms with Gasteiger partial charge in [0.05, 0.1) is 15.6 Å². The average Bonchev–Trinajstić information content (AvgIpc) is 3.11. The minimum absolute atomic E-state index is 0.170.